The third-order valence-corrected chi connectivity index (χ3v) is 7.73. The van der Waals surface area contributed by atoms with Gasteiger partial charge in [0.2, 0.25) is 21.8 Å². The lowest BCUT2D eigenvalue weighted by atomic mass is 9.95. The van der Waals surface area contributed by atoms with Crippen LogP contribution in [-0.4, -0.2) is 50.0 Å². The van der Waals surface area contributed by atoms with Crippen LogP contribution in [0.5, 0.6) is 0 Å². The van der Waals surface area contributed by atoms with Crippen LogP contribution >= 0.6 is 0 Å². The van der Waals surface area contributed by atoms with Gasteiger partial charge in [-0.2, -0.15) is 0 Å². The highest BCUT2D eigenvalue weighted by atomic mass is 32.2. The summed E-state index contributed by atoms with van der Waals surface area (Å²) in [5, 5.41) is 3.11. The molecule has 9 heteroatoms. The summed E-state index contributed by atoms with van der Waals surface area (Å²) in [5.41, 5.74) is 1.95. The minimum Gasteiger partial charge on any atom is -0.352 e. The highest BCUT2D eigenvalue weighted by Crippen LogP contribution is 2.22. The molecule has 7 nitrogen and oxygen atoms in total. The van der Waals surface area contributed by atoms with E-state index in [9.17, 15) is 22.4 Å². The van der Waals surface area contributed by atoms with E-state index < -0.39 is 34.3 Å². The zero-order chi connectivity index (χ0) is 26.3. The summed E-state index contributed by atoms with van der Waals surface area (Å²) >= 11 is 0. The van der Waals surface area contributed by atoms with Crippen molar-refractivity contribution in [2.24, 2.45) is 0 Å². The Balaban J connectivity index is 1.90. The highest BCUT2D eigenvalue weighted by Gasteiger charge is 2.32. The smallest absolute Gasteiger partial charge is 0.244 e. The minimum absolute atomic E-state index is 0.0563. The van der Waals surface area contributed by atoms with Crippen LogP contribution in [0.4, 0.5) is 10.1 Å². The first-order chi connectivity index (χ1) is 17.1. The van der Waals surface area contributed by atoms with Crippen molar-refractivity contribution in [1.29, 1.82) is 0 Å². The van der Waals surface area contributed by atoms with E-state index in [0.29, 0.717) is 6.42 Å². The van der Waals surface area contributed by atoms with Crippen molar-refractivity contribution in [1.82, 2.24) is 10.2 Å². The highest BCUT2D eigenvalue weighted by molar-refractivity contribution is 7.92. The van der Waals surface area contributed by atoms with E-state index >= 15 is 0 Å². The van der Waals surface area contributed by atoms with Crippen LogP contribution in [0.25, 0.3) is 0 Å². The normalized spacial score (nSPS) is 15.2. The summed E-state index contributed by atoms with van der Waals surface area (Å²) in [7, 11) is -3.90. The Kier molecular flexibility index (Phi) is 9.48. The molecule has 1 atom stereocenters. The van der Waals surface area contributed by atoms with Crippen molar-refractivity contribution in [3.63, 3.8) is 0 Å². The fourth-order valence-corrected chi connectivity index (χ4v) is 5.44. The van der Waals surface area contributed by atoms with Crippen LogP contribution in [0.3, 0.4) is 0 Å². The molecule has 0 saturated heterocycles. The number of anilines is 1. The Morgan fingerprint density at radius 3 is 2.33 bits per heavy atom. The van der Waals surface area contributed by atoms with E-state index in [1.54, 1.807) is 0 Å². The van der Waals surface area contributed by atoms with Gasteiger partial charge in [0.1, 0.15) is 18.4 Å². The van der Waals surface area contributed by atoms with Crippen LogP contribution in [0, 0.1) is 12.7 Å². The molecule has 1 fully saturated rings. The molecule has 0 unspecified atom stereocenters. The largest absolute Gasteiger partial charge is 0.352 e. The molecule has 2 aromatic carbocycles. The monoisotopic (exact) mass is 517 g/mol. The number of carbonyl (C=O) groups is 2. The molecule has 1 N–H and O–H groups in total. The van der Waals surface area contributed by atoms with Gasteiger partial charge >= 0.3 is 0 Å². The van der Waals surface area contributed by atoms with Gasteiger partial charge in [-0.3, -0.25) is 13.9 Å². The van der Waals surface area contributed by atoms with Crippen LogP contribution in [-0.2, 0) is 26.2 Å². The zero-order valence-electron chi connectivity index (χ0n) is 21.2. The molecule has 2 aromatic rings. The molecule has 0 radical (unpaired) electrons. The predicted molar refractivity (Wildman–Crippen MR) is 139 cm³/mol. The standard InChI is InChI=1S/C27H36FN3O4S/c1-4-25(27(33)29-23-10-6-5-7-11-23)30(18-21-15-13-20(2)14-16-21)26(32)19-31(36(3,34)35)24-12-8-9-22(28)17-24/h8-9,12-17,23,25H,4-7,10-11,18-19H2,1-3H3,(H,29,33)/t25-/m0/s1. The van der Waals surface area contributed by atoms with Gasteiger partial charge in [0, 0.05) is 12.6 Å². The molecule has 0 heterocycles. The molecular weight excluding hydrogens is 481 g/mol. The number of hydrogen-bond acceptors (Lipinski definition) is 4. The minimum atomic E-state index is -3.90. The Labute approximate surface area is 213 Å². The lowest BCUT2D eigenvalue weighted by Crippen LogP contribution is -2.53. The number of halogens is 1. The van der Waals surface area contributed by atoms with Crippen LogP contribution < -0.4 is 9.62 Å². The fraction of sp³-hybridized carbons (Fsp3) is 0.481. The number of nitrogens with zero attached hydrogens (tertiary/aromatic N) is 2. The number of nitrogens with one attached hydrogen (secondary N) is 1. The van der Waals surface area contributed by atoms with Gasteiger partial charge in [-0.1, -0.05) is 62.1 Å². The number of hydrogen-bond donors (Lipinski definition) is 1. The second kappa shape index (κ2) is 12.3. The van der Waals surface area contributed by atoms with E-state index in [-0.39, 0.29) is 24.2 Å². The summed E-state index contributed by atoms with van der Waals surface area (Å²) in [6.07, 6.45) is 6.45. The number of benzene rings is 2. The second-order valence-electron chi connectivity index (χ2n) is 9.52. The molecule has 1 aliphatic carbocycles. The average Bonchev–Trinajstić information content (AvgIpc) is 2.83. The van der Waals surface area contributed by atoms with Gasteiger partial charge in [-0.25, -0.2) is 12.8 Å². The zero-order valence-corrected chi connectivity index (χ0v) is 22.1. The number of sulfonamides is 1. The van der Waals surface area contributed by atoms with Crippen molar-refractivity contribution < 1.29 is 22.4 Å². The third-order valence-electron chi connectivity index (χ3n) is 6.59. The first kappa shape index (κ1) is 27.6. The van der Waals surface area contributed by atoms with Crippen LogP contribution in [0.1, 0.15) is 56.6 Å². The third kappa shape index (κ3) is 7.53. The van der Waals surface area contributed by atoms with E-state index in [4.69, 9.17) is 0 Å². The average molecular weight is 518 g/mol. The van der Waals surface area contributed by atoms with E-state index in [0.717, 1.165) is 59.9 Å². The van der Waals surface area contributed by atoms with E-state index in [2.05, 4.69) is 5.32 Å². The maximum absolute atomic E-state index is 13.9. The summed E-state index contributed by atoms with van der Waals surface area (Å²) in [5.74, 6) is -1.37. The number of amides is 2. The topological polar surface area (TPSA) is 86.8 Å². The molecule has 36 heavy (non-hydrogen) atoms. The Bertz CT molecular complexity index is 1150. The van der Waals surface area contributed by atoms with Crippen molar-refractivity contribution in [3.05, 3.63) is 65.5 Å². The summed E-state index contributed by atoms with van der Waals surface area (Å²) in [4.78, 5) is 28.5. The maximum Gasteiger partial charge on any atom is 0.244 e. The summed E-state index contributed by atoms with van der Waals surface area (Å²) < 4.78 is 39.9. The molecule has 0 aromatic heterocycles. The molecule has 1 saturated carbocycles. The Morgan fingerprint density at radius 2 is 1.75 bits per heavy atom. The van der Waals surface area contributed by atoms with Crippen molar-refractivity contribution in [2.45, 2.75) is 71.0 Å². The molecule has 0 spiro atoms. The number of aryl methyl sites for hydroxylation is 1. The Morgan fingerprint density at radius 1 is 1.08 bits per heavy atom. The van der Waals surface area contributed by atoms with Crippen molar-refractivity contribution >= 4 is 27.5 Å². The second-order valence-corrected chi connectivity index (χ2v) is 11.4. The van der Waals surface area contributed by atoms with Gasteiger partial charge in [0.05, 0.1) is 11.9 Å². The molecule has 196 valence electrons. The lowest BCUT2D eigenvalue weighted by molar-refractivity contribution is -0.140. The predicted octanol–water partition coefficient (Wildman–Crippen LogP) is 4.16. The van der Waals surface area contributed by atoms with Gasteiger partial charge in [0.15, 0.2) is 0 Å². The van der Waals surface area contributed by atoms with Crippen molar-refractivity contribution in [3.8, 4) is 0 Å². The van der Waals surface area contributed by atoms with Gasteiger partial charge in [0.25, 0.3) is 0 Å². The van der Waals surface area contributed by atoms with Gasteiger partial charge in [-0.05, 0) is 49.9 Å². The van der Waals surface area contributed by atoms with Crippen molar-refractivity contribution in [2.75, 3.05) is 17.1 Å². The summed E-state index contributed by atoms with van der Waals surface area (Å²) in [6, 6.07) is 12.1. The number of rotatable bonds is 10. The van der Waals surface area contributed by atoms with Gasteiger partial charge in [-0.15, -0.1) is 0 Å². The Hall–Kier alpha value is -2.94. The molecule has 3 rings (SSSR count). The SMILES string of the molecule is CC[C@@H](C(=O)NC1CCCCC1)N(Cc1ccc(C)cc1)C(=O)CN(c1cccc(F)c1)S(C)(=O)=O. The van der Waals surface area contributed by atoms with Crippen LogP contribution in [0.2, 0.25) is 0 Å². The lowest BCUT2D eigenvalue weighted by Gasteiger charge is -2.34. The summed E-state index contributed by atoms with van der Waals surface area (Å²) in [6.45, 7) is 3.40. The van der Waals surface area contributed by atoms with Gasteiger partial charge < -0.3 is 10.2 Å². The van der Waals surface area contributed by atoms with E-state index in [1.807, 2.05) is 38.1 Å². The first-order valence-electron chi connectivity index (χ1n) is 12.5. The molecule has 0 aliphatic heterocycles. The molecular formula is C27H36FN3O4S. The first-order valence-corrected chi connectivity index (χ1v) is 14.3. The maximum atomic E-state index is 13.9. The van der Waals surface area contributed by atoms with Crippen LogP contribution in [0.15, 0.2) is 48.5 Å². The quantitative estimate of drug-likeness (QED) is 0.513. The number of carbonyl (C=O) groups excluding carboxylic acids is 2. The fourth-order valence-electron chi connectivity index (χ4n) is 4.60. The molecule has 2 amide bonds. The van der Waals surface area contributed by atoms with E-state index in [1.165, 1.54) is 23.1 Å². The molecule has 1 aliphatic rings. The molecule has 0 bridgehead atoms.